The van der Waals surface area contributed by atoms with Crippen molar-refractivity contribution in [3.05, 3.63) is 0 Å². The minimum atomic E-state index is -1.17. The van der Waals surface area contributed by atoms with Gasteiger partial charge in [0.2, 0.25) is 0 Å². The first-order chi connectivity index (χ1) is 6.31. The van der Waals surface area contributed by atoms with Crippen LogP contribution in [0.4, 0.5) is 0 Å². The Bertz CT molecular complexity index is 192. The zero-order valence-electron chi connectivity index (χ0n) is 10.0. The summed E-state index contributed by atoms with van der Waals surface area (Å²) < 4.78 is 0. The lowest BCUT2D eigenvalue weighted by molar-refractivity contribution is -0.138. The molecule has 1 atom stereocenters. The molecule has 0 aliphatic heterocycles. The average Bonchev–Trinajstić information content (AvgIpc) is 2.02. The second-order valence-electron chi connectivity index (χ2n) is 4.52. The van der Waals surface area contributed by atoms with Crippen LogP contribution in [0.5, 0.6) is 0 Å². The molecule has 84 valence electrons. The van der Waals surface area contributed by atoms with Crippen molar-refractivity contribution in [2.75, 3.05) is 20.1 Å². The van der Waals surface area contributed by atoms with Crippen LogP contribution in [-0.4, -0.2) is 41.5 Å². The molecule has 0 saturated carbocycles. The van der Waals surface area contributed by atoms with E-state index in [1.807, 2.05) is 32.7 Å². The van der Waals surface area contributed by atoms with E-state index in [1.54, 1.807) is 0 Å². The molecule has 0 radical (unpaired) electrons. The van der Waals surface area contributed by atoms with E-state index in [9.17, 15) is 9.90 Å². The van der Waals surface area contributed by atoms with Crippen LogP contribution in [0.2, 0.25) is 0 Å². The maximum atomic E-state index is 11.4. The Morgan fingerprint density at radius 3 is 2.29 bits per heavy atom. The Hall–Kier alpha value is -0.410. The minimum Gasteiger partial charge on any atom is -0.381 e. The first-order valence-electron chi connectivity index (χ1n) is 5.23. The van der Waals surface area contributed by atoms with Gasteiger partial charge in [-0.15, -0.1) is 0 Å². The zero-order chi connectivity index (χ0) is 11.4. The molecule has 0 spiro atoms. The molecule has 0 aromatic heterocycles. The summed E-state index contributed by atoms with van der Waals surface area (Å²) in [5, 5.41) is 10.2. The number of aliphatic hydroxyl groups is 1. The average molecular weight is 201 g/mol. The van der Waals surface area contributed by atoms with Crippen LogP contribution in [0.15, 0.2) is 0 Å². The Kier molecular flexibility index (Phi) is 5.31. The molecule has 0 saturated heterocycles. The van der Waals surface area contributed by atoms with Crippen molar-refractivity contribution in [2.24, 2.45) is 5.92 Å². The van der Waals surface area contributed by atoms with E-state index >= 15 is 0 Å². The lowest BCUT2D eigenvalue weighted by Gasteiger charge is -2.31. The van der Waals surface area contributed by atoms with Crippen molar-refractivity contribution in [2.45, 2.75) is 39.7 Å². The standard InChI is InChI=1S/C11H23NO2/c1-6-12(5)8-11(14,10(4)13)7-9(2)3/h9,14H,6-8H2,1-5H3. The Morgan fingerprint density at radius 1 is 1.50 bits per heavy atom. The van der Waals surface area contributed by atoms with Crippen LogP contribution in [-0.2, 0) is 4.79 Å². The summed E-state index contributed by atoms with van der Waals surface area (Å²) in [7, 11) is 1.91. The van der Waals surface area contributed by atoms with E-state index in [1.165, 1.54) is 6.92 Å². The Labute approximate surface area is 87.1 Å². The topological polar surface area (TPSA) is 40.5 Å². The number of hydrogen-bond acceptors (Lipinski definition) is 3. The summed E-state index contributed by atoms with van der Waals surface area (Å²) in [5.74, 6) is 0.195. The molecule has 1 N–H and O–H groups in total. The first-order valence-corrected chi connectivity index (χ1v) is 5.23. The molecule has 1 unspecified atom stereocenters. The molecule has 0 aliphatic rings. The second-order valence-corrected chi connectivity index (χ2v) is 4.52. The van der Waals surface area contributed by atoms with Crippen LogP contribution < -0.4 is 0 Å². The summed E-state index contributed by atoms with van der Waals surface area (Å²) in [6, 6.07) is 0. The SMILES string of the molecule is CCN(C)CC(O)(CC(C)C)C(C)=O. The van der Waals surface area contributed by atoms with Crippen molar-refractivity contribution >= 4 is 5.78 Å². The number of Topliss-reactive ketones (excluding diaryl/α,β-unsaturated/α-hetero) is 1. The molecular formula is C11H23NO2. The molecule has 0 aromatic rings. The van der Waals surface area contributed by atoms with Crippen LogP contribution in [0.25, 0.3) is 0 Å². The van der Waals surface area contributed by atoms with Crippen molar-refractivity contribution in [3.63, 3.8) is 0 Å². The van der Waals surface area contributed by atoms with Crippen molar-refractivity contribution in [3.8, 4) is 0 Å². The second kappa shape index (κ2) is 5.47. The summed E-state index contributed by atoms with van der Waals surface area (Å²) in [4.78, 5) is 13.3. The third kappa shape index (κ3) is 4.20. The highest BCUT2D eigenvalue weighted by molar-refractivity contribution is 5.84. The summed E-state index contributed by atoms with van der Waals surface area (Å²) >= 11 is 0. The molecule has 0 heterocycles. The van der Waals surface area contributed by atoms with Gasteiger partial charge >= 0.3 is 0 Å². The van der Waals surface area contributed by atoms with E-state index in [0.29, 0.717) is 18.9 Å². The number of nitrogens with zero attached hydrogens (tertiary/aromatic N) is 1. The van der Waals surface area contributed by atoms with Crippen molar-refractivity contribution in [1.82, 2.24) is 4.90 Å². The number of rotatable bonds is 6. The Morgan fingerprint density at radius 2 is 2.00 bits per heavy atom. The third-order valence-corrected chi connectivity index (χ3v) is 2.47. The van der Waals surface area contributed by atoms with Gasteiger partial charge in [0.15, 0.2) is 5.78 Å². The van der Waals surface area contributed by atoms with E-state index in [-0.39, 0.29) is 5.78 Å². The molecule has 0 aromatic carbocycles. The quantitative estimate of drug-likeness (QED) is 0.704. The fraction of sp³-hybridized carbons (Fsp3) is 0.909. The van der Waals surface area contributed by atoms with E-state index in [4.69, 9.17) is 0 Å². The van der Waals surface area contributed by atoms with Crippen LogP contribution in [0.3, 0.4) is 0 Å². The normalized spacial score (nSPS) is 16.0. The lowest BCUT2D eigenvalue weighted by atomic mass is 9.88. The molecular weight excluding hydrogens is 178 g/mol. The fourth-order valence-corrected chi connectivity index (χ4v) is 1.55. The van der Waals surface area contributed by atoms with Gasteiger partial charge in [0.05, 0.1) is 0 Å². The largest absolute Gasteiger partial charge is 0.381 e. The van der Waals surface area contributed by atoms with E-state index < -0.39 is 5.60 Å². The third-order valence-electron chi connectivity index (χ3n) is 2.47. The maximum absolute atomic E-state index is 11.4. The molecule has 0 fully saturated rings. The van der Waals surface area contributed by atoms with Crippen LogP contribution >= 0.6 is 0 Å². The molecule has 0 amide bonds. The molecule has 14 heavy (non-hydrogen) atoms. The van der Waals surface area contributed by atoms with Gasteiger partial charge in [0, 0.05) is 6.54 Å². The fourth-order valence-electron chi connectivity index (χ4n) is 1.55. The van der Waals surface area contributed by atoms with E-state index in [2.05, 4.69) is 0 Å². The summed E-state index contributed by atoms with van der Waals surface area (Å²) in [5.41, 5.74) is -1.17. The van der Waals surface area contributed by atoms with E-state index in [0.717, 1.165) is 6.54 Å². The molecule has 3 nitrogen and oxygen atoms in total. The summed E-state index contributed by atoms with van der Waals surface area (Å²) in [6.07, 6.45) is 0.534. The number of carbonyl (C=O) groups is 1. The van der Waals surface area contributed by atoms with Gasteiger partial charge in [-0.3, -0.25) is 4.79 Å². The van der Waals surface area contributed by atoms with Crippen molar-refractivity contribution in [1.29, 1.82) is 0 Å². The van der Waals surface area contributed by atoms with Gasteiger partial charge in [-0.1, -0.05) is 20.8 Å². The molecule has 3 heteroatoms. The highest BCUT2D eigenvalue weighted by Crippen LogP contribution is 2.19. The number of carbonyl (C=O) groups excluding carboxylic acids is 1. The smallest absolute Gasteiger partial charge is 0.162 e. The van der Waals surface area contributed by atoms with Gasteiger partial charge in [-0.05, 0) is 32.9 Å². The maximum Gasteiger partial charge on any atom is 0.162 e. The molecule has 0 rings (SSSR count). The zero-order valence-corrected chi connectivity index (χ0v) is 10.0. The predicted octanol–water partition coefficient (Wildman–Crippen LogP) is 1.30. The van der Waals surface area contributed by atoms with Gasteiger partial charge in [0.25, 0.3) is 0 Å². The minimum absolute atomic E-state index is 0.133. The number of likely N-dealkylation sites (N-methyl/N-ethyl adjacent to an activating group) is 1. The van der Waals surface area contributed by atoms with Gasteiger partial charge in [-0.25, -0.2) is 0 Å². The number of hydrogen-bond donors (Lipinski definition) is 1. The van der Waals surface area contributed by atoms with Gasteiger partial charge in [-0.2, -0.15) is 0 Å². The van der Waals surface area contributed by atoms with Crippen LogP contribution in [0, 0.1) is 5.92 Å². The van der Waals surface area contributed by atoms with Gasteiger partial charge in [0.1, 0.15) is 5.60 Å². The Balaban J connectivity index is 4.47. The van der Waals surface area contributed by atoms with Gasteiger partial charge < -0.3 is 10.0 Å². The van der Waals surface area contributed by atoms with Crippen LogP contribution in [0.1, 0.15) is 34.1 Å². The molecule has 0 bridgehead atoms. The highest BCUT2D eigenvalue weighted by atomic mass is 16.3. The predicted molar refractivity (Wildman–Crippen MR) is 58.3 cm³/mol. The number of ketones is 1. The lowest BCUT2D eigenvalue weighted by Crippen LogP contribution is -2.47. The molecule has 0 aliphatic carbocycles. The first kappa shape index (κ1) is 13.6. The summed E-state index contributed by atoms with van der Waals surface area (Å²) in [6.45, 7) is 8.77. The monoisotopic (exact) mass is 201 g/mol. The van der Waals surface area contributed by atoms with Crippen molar-refractivity contribution < 1.29 is 9.90 Å². The highest BCUT2D eigenvalue weighted by Gasteiger charge is 2.34.